The van der Waals surface area contributed by atoms with Crippen LogP contribution in [0.3, 0.4) is 0 Å². The third kappa shape index (κ3) is 3.09. The summed E-state index contributed by atoms with van der Waals surface area (Å²) in [5, 5.41) is 0.509. The van der Waals surface area contributed by atoms with Crippen molar-refractivity contribution < 1.29 is 8.60 Å². The molecule has 0 fully saturated rings. The lowest BCUT2D eigenvalue weighted by molar-refractivity contribution is 0.627. The molecule has 0 spiro atoms. The Balaban J connectivity index is 2.19. The van der Waals surface area contributed by atoms with Gasteiger partial charge < -0.3 is 5.73 Å². The summed E-state index contributed by atoms with van der Waals surface area (Å²) in [5.41, 5.74) is 6.96. The smallest absolute Gasteiger partial charge is 0.123 e. The molecule has 0 aliphatic heterocycles. The number of halogens is 2. The lowest BCUT2D eigenvalue weighted by Crippen LogP contribution is -2.01. The van der Waals surface area contributed by atoms with E-state index in [1.54, 1.807) is 30.3 Å². The van der Waals surface area contributed by atoms with Gasteiger partial charge in [0.25, 0.3) is 0 Å². The quantitative estimate of drug-likeness (QED) is 0.878. The summed E-state index contributed by atoms with van der Waals surface area (Å²) in [6.45, 7) is 0. The fourth-order valence-corrected chi connectivity index (χ4v) is 2.91. The highest BCUT2D eigenvalue weighted by atomic mass is 35.5. The van der Waals surface area contributed by atoms with E-state index in [0.29, 0.717) is 21.4 Å². The summed E-state index contributed by atoms with van der Waals surface area (Å²) < 4.78 is 24.9. The van der Waals surface area contributed by atoms with Crippen LogP contribution in [0, 0.1) is 5.82 Å². The zero-order chi connectivity index (χ0) is 13.1. The van der Waals surface area contributed by atoms with Crippen molar-refractivity contribution in [1.82, 2.24) is 0 Å². The maximum Gasteiger partial charge on any atom is 0.123 e. The molecule has 94 valence electrons. The molecule has 2 rings (SSSR count). The Morgan fingerprint density at radius 3 is 2.44 bits per heavy atom. The van der Waals surface area contributed by atoms with Crippen LogP contribution in [0.1, 0.15) is 5.56 Å². The van der Waals surface area contributed by atoms with Crippen molar-refractivity contribution in [2.75, 3.05) is 5.73 Å². The fourth-order valence-electron chi connectivity index (χ4n) is 1.54. The standard InChI is InChI=1S/C13H11ClFNOS/c14-10-3-6-13(12(16)7-10)18(17)8-9-1-4-11(15)5-2-9/h1-7H,8,16H2. The minimum Gasteiger partial charge on any atom is -0.398 e. The first-order valence-corrected chi connectivity index (χ1v) is 6.94. The van der Waals surface area contributed by atoms with Gasteiger partial charge in [0.05, 0.1) is 21.4 Å². The van der Waals surface area contributed by atoms with Gasteiger partial charge in [-0.2, -0.15) is 0 Å². The average Bonchev–Trinajstić information content (AvgIpc) is 2.32. The Morgan fingerprint density at radius 1 is 1.17 bits per heavy atom. The first-order valence-electron chi connectivity index (χ1n) is 5.24. The van der Waals surface area contributed by atoms with Gasteiger partial charge in [-0.15, -0.1) is 0 Å². The number of hydrogen-bond donors (Lipinski definition) is 1. The highest BCUT2D eigenvalue weighted by Crippen LogP contribution is 2.23. The Bertz CT molecular complexity index is 586. The molecule has 5 heteroatoms. The lowest BCUT2D eigenvalue weighted by Gasteiger charge is -2.06. The number of nitrogen functional groups attached to an aromatic ring is 1. The van der Waals surface area contributed by atoms with Crippen LogP contribution in [-0.2, 0) is 16.6 Å². The van der Waals surface area contributed by atoms with Crippen LogP contribution < -0.4 is 5.73 Å². The molecule has 2 nitrogen and oxygen atoms in total. The summed E-state index contributed by atoms with van der Waals surface area (Å²) in [5.74, 6) is -0.0120. The van der Waals surface area contributed by atoms with Crippen LogP contribution in [-0.4, -0.2) is 4.21 Å². The number of anilines is 1. The summed E-state index contributed by atoms with van der Waals surface area (Å²) in [6, 6.07) is 10.8. The Kier molecular flexibility index (Phi) is 3.99. The van der Waals surface area contributed by atoms with Gasteiger partial charge in [-0.1, -0.05) is 23.7 Å². The Morgan fingerprint density at radius 2 is 1.83 bits per heavy atom. The van der Waals surface area contributed by atoms with Gasteiger partial charge in [-0.05, 0) is 35.9 Å². The molecule has 0 saturated heterocycles. The van der Waals surface area contributed by atoms with Crippen molar-refractivity contribution in [3.05, 3.63) is 58.9 Å². The molecule has 0 heterocycles. The van der Waals surface area contributed by atoms with E-state index in [1.165, 1.54) is 12.1 Å². The highest BCUT2D eigenvalue weighted by molar-refractivity contribution is 7.84. The van der Waals surface area contributed by atoms with Gasteiger partial charge in [0, 0.05) is 10.7 Å². The van der Waals surface area contributed by atoms with E-state index in [2.05, 4.69) is 0 Å². The van der Waals surface area contributed by atoms with Gasteiger partial charge in [0.2, 0.25) is 0 Å². The van der Waals surface area contributed by atoms with Gasteiger partial charge in [0.1, 0.15) is 5.82 Å². The predicted molar refractivity (Wildman–Crippen MR) is 72.4 cm³/mol. The Hall–Kier alpha value is -1.39. The lowest BCUT2D eigenvalue weighted by atomic mass is 10.2. The first-order chi connectivity index (χ1) is 8.56. The molecule has 0 aromatic heterocycles. The number of nitrogens with two attached hydrogens (primary N) is 1. The fraction of sp³-hybridized carbons (Fsp3) is 0.0769. The van der Waals surface area contributed by atoms with Crippen LogP contribution in [0.4, 0.5) is 10.1 Å². The van der Waals surface area contributed by atoms with E-state index in [4.69, 9.17) is 17.3 Å². The second kappa shape index (κ2) is 5.50. The van der Waals surface area contributed by atoms with Crippen molar-refractivity contribution in [2.24, 2.45) is 0 Å². The normalized spacial score (nSPS) is 12.3. The molecule has 0 bridgehead atoms. The van der Waals surface area contributed by atoms with Gasteiger partial charge in [0.15, 0.2) is 0 Å². The zero-order valence-corrected chi connectivity index (χ0v) is 11.0. The van der Waals surface area contributed by atoms with Crippen molar-refractivity contribution >= 4 is 28.1 Å². The number of hydrogen-bond acceptors (Lipinski definition) is 2. The second-order valence-corrected chi connectivity index (χ2v) is 5.65. The zero-order valence-electron chi connectivity index (χ0n) is 9.40. The summed E-state index contributed by atoms with van der Waals surface area (Å²) >= 11 is 5.78. The maximum absolute atomic E-state index is 12.7. The summed E-state index contributed by atoms with van der Waals surface area (Å²) in [7, 11) is -1.27. The van der Waals surface area contributed by atoms with Crippen molar-refractivity contribution in [1.29, 1.82) is 0 Å². The second-order valence-electron chi connectivity index (χ2n) is 3.80. The van der Waals surface area contributed by atoms with Crippen molar-refractivity contribution in [2.45, 2.75) is 10.6 Å². The van der Waals surface area contributed by atoms with Crippen molar-refractivity contribution in [3.8, 4) is 0 Å². The molecule has 2 aromatic carbocycles. The van der Waals surface area contributed by atoms with Crippen molar-refractivity contribution in [3.63, 3.8) is 0 Å². The van der Waals surface area contributed by atoms with E-state index >= 15 is 0 Å². The van der Waals surface area contributed by atoms with E-state index in [9.17, 15) is 8.60 Å². The van der Waals surface area contributed by atoms with Gasteiger partial charge in [-0.3, -0.25) is 4.21 Å². The number of benzene rings is 2. The molecule has 18 heavy (non-hydrogen) atoms. The van der Waals surface area contributed by atoms with Gasteiger partial charge in [-0.25, -0.2) is 4.39 Å². The van der Waals surface area contributed by atoms with E-state index in [1.807, 2.05) is 0 Å². The largest absolute Gasteiger partial charge is 0.398 e. The van der Waals surface area contributed by atoms with Crippen LogP contribution >= 0.6 is 11.6 Å². The molecule has 2 N–H and O–H groups in total. The Labute approximate surface area is 112 Å². The summed E-state index contributed by atoms with van der Waals surface area (Å²) in [4.78, 5) is 0.545. The highest BCUT2D eigenvalue weighted by Gasteiger charge is 2.09. The van der Waals surface area contributed by atoms with Crippen LogP contribution in [0.15, 0.2) is 47.4 Å². The molecular formula is C13H11ClFNOS. The summed E-state index contributed by atoms with van der Waals surface area (Å²) in [6.07, 6.45) is 0. The van der Waals surface area contributed by atoms with Crippen LogP contribution in [0.5, 0.6) is 0 Å². The van der Waals surface area contributed by atoms with Gasteiger partial charge >= 0.3 is 0 Å². The minimum absolute atomic E-state index is 0.298. The van der Waals surface area contributed by atoms with E-state index < -0.39 is 10.8 Å². The predicted octanol–water partition coefficient (Wildman–Crippen LogP) is 3.37. The molecule has 0 amide bonds. The third-order valence-electron chi connectivity index (χ3n) is 2.43. The van der Waals surface area contributed by atoms with E-state index in [0.717, 1.165) is 5.56 Å². The molecule has 0 aliphatic rings. The molecule has 0 radical (unpaired) electrons. The SMILES string of the molecule is Nc1cc(Cl)ccc1S(=O)Cc1ccc(F)cc1. The molecule has 2 aromatic rings. The molecular weight excluding hydrogens is 273 g/mol. The first kappa shape index (κ1) is 13.1. The molecule has 1 atom stereocenters. The van der Waals surface area contributed by atoms with Crippen LogP contribution in [0.25, 0.3) is 0 Å². The third-order valence-corrected chi connectivity index (χ3v) is 4.12. The molecule has 0 saturated carbocycles. The molecule has 0 aliphatic carbocycles. The topological polar surface area (TPSA) is 43.1 Å². The monoisotopic (exact) mass is 283 g/mol. The minimum atomic E-state index is -1.27. The number of rotatable bonds is 3. The average molecular weight is 284 g/mol. The molecule has 1 unspecified atom stereocenters. The van der Waals surface area contributed by atoms with E-state index in [-0.39, 0.29) is 5.82 Å². The van der Waals surface area contributed by atoms with Crippen LogP contribution in [0.2, 0.25) is 5.02 Å². The maximum atomic E-state index is 12.7.